The molecule has 0 radical (unpaired) electrons. The van der Waals surface area contributed by atoms with E-state index < -0.39 is 0 Å². The third-order valence-corrected chi connectivity index (χ3v) is 6.48. The molecule has 0 amide bonds. The highest BCUT2D eigenvalue weighted by molar-refractivity contribution is 7.80. The zero-order chi connectivity index (χ0) is 22.8. The van der Waals surface area contributed by atoms with Gasteiger partial charge >= 0.3 is 0 Å². The molecule has 2 heterocycles. The first-order valence-electron chi connectivity index (χ1n) is 10.6. The average molecular weight is 452 g/mol. The summed E-state index contributed by atoms with van der Waals surface area (Å²) in [6.07, 6.45) is 2.11. The second-order valence-corrected chi connectivity index (χ2v) is 8.25. The van der Waals surface area contributed by atoms with Gasteiger partial charge in [0.15, 0.2) is 16.6 Å². The lowest BCUT2D eigenvalue weighted by Gasteiger charge is -2.39. The Morgan fingerprint density at radius 3 is 2.34 bits per heavy atom. The Kier molecular flexibility index (Phi) is 6.28. The highest BCUT2D eigenvalue weighted by Gasteiger charge is 2.32. The smallest absolute Gasteiger partial charge is 0.203 e. The van der Waals surface area contributed by atoms with Crippen LogP contribution in [0.1, 0.15) is 28.4 Å². The Balaban J connectivity index is 1.77. The van der Waals surface area contributed by atoms with E-state index in [2.05, 4.69) is 59.1 Å². The van der Waals surface area contributed by atoms with Gasteiger partial charge in [0.1, 0.15) is 0 Å². The minimum Gasteiger partial charge on any atom is -0.493 e. The number of fused-ring (bicyclic) bond motifs is 1. The van der Waals surface area contributed by atoms with E-state index in [0.717, 1.165) is 30.0 Å². The van der Waals surface area contributed by atoms with E-state index in [-0.39, 0.29) is 6.04 Å². The van der Waals surface area contributed by atoms with Crippen LogP contribution < -0.4 is 19.5 Å². The van der Waals surface area contributed by atoms with Gasteiger partial charge in [-0.05, 0) is 73.1 Å². The molecule has 7 heteroatoms. The molecule has 1 N–H and O–H groups in total. The molecule has 1 aliphatic rings. The van der Waals surface area contributed by atoms with Crippen molar-refractivity contribution in [2.24, 2.45) is 0 Å². The van der Waals surface area contributed by atoms with Gasteiger partial charge in [-0.3, -0.25) is 0 Å². The summed E-state index contributed by atoms with van der Waals surface area (Å²) in [6.45, 7) is 5.85. The van der Waals surface area contributed by atoms with Crippen LogP contribution >= 0.6 is 12.2 Å². The zero-order valence-electron chi connectivity index (χ0n) is 19.1. The Labute approximate surface area is 194 Å². The monoisotopic (exact) mass is 451 g/mol. The van der Waals surface area contributed by atoms with Gasteiger partial charge in [-0.2, -0.15) is 0 Å². The van der Waals surface area contributed by atoms with Crippen molar-refractivity contribution >= 4 is 23.0 Å². The van der Waals surface area contributed by atoms with Crippen LogP contribution in [0.25, 0.3) is 0 Å². The summed E-state index contributed by atoms with van der Waals surface area (Å²) in [4.78, 5) is 2.23. The molecule has 2 aromatic carbocycles. The van der Waals surface area contributed by atoms with Crippen molar-refractivity contribution < 1.29 is 14.2 Å². The van der Waals surface area contributed by atoms with E-state index >= 15 is 0 Å². The molecule has 1 atom stereocenters. The predicted molar refractivity (Wildman–Crippen MR) is 131 cm³/mol. The highest BCUT2D eigenvalue weighted by atomic mass is 32.1. The summed E-state index contributed by atoms with van der Waals surface area (Å²) in [5, 5.41) is 4.17. The summed E-state index contributed by atoms with van der Waals surface area (Å²) in [6, 6.07) is 14.3. The van der Waals surface area contributed by atoms with Crippen LogP contribution in [-0.4, -0.2) is 42.5 Å². The molecule has 6 nitrogen and oxygen atoms in total. The molecule has 1 unspecified atom stereocenters. The van der Waals surface area contributed by atoms with Crippen molar-refractivity contribution in [1.29, 1.82) is 0 Å². The molecular weight excluding hydrogens is 422 g/mol. The molecule has 0 bridgehead atoms. The quantitative estimate of drug-likeness (QED) is 0.555. The number of ether oxygens (including phenoxy) is 3. The second-order valence-electron chi connectivity index (χ2n) is 7.86. The first-order valence-corrected chi connectivity index (χ1v) is 11.0. The summed E-state index contributed by atoms with van der Waals surface area (Å²) >= 11 is 5.93. The minimum atomic E-state index is -0.0995. The van der Waals surface area contributed by atoms with Gasteiger partial charge in [-0.15, -0.1) is 0 Å². The standard InChI is InChI=1S/C25H29N3O3S/c1-16-8-6-9-19(17(16)2)26-25(32)28-13-12-27-11-7-10-20(27)23(28)18-14-21(29-3)24(31-5)22(15-18)30-4/h6-11,14-15,23H,12-13H2,1-5H3,(H,26,32). The molecule has 0 saturated heterocycles. The van der Waals surface area contributed by atoms with E-state index in [9.17, 15) is 0 Å². The third kappa shape index (κ3) is 3.88. The number of methoxy groups -OCH3 is 3. The Bertz CT molecular complexity index is 1120. The lowest BCUT2D eigenvalue weighted by atomic mass is 9.99. The van der Waals surface area contributed by atoms with Gasteiger partial charge in [0.2, 0.25) is 5.75 Å². The summed E-state index contributed by atoms with van der Waals surface area (Å²) in [5.41, 5.74) is 5.63. The average Bonchev–Trinajstić information content (AvgIpc) is 3.29. The van der Waals surface area contributed by atoms with Crippen molar-refractivity contribution in [2.45, 2.75) is 26.4 Å². The Hall–Kier alpha value is -3.19. The van der Waals surface area contributed by atoms with Gasteiger partial charge in [0.25, 0.3) is 0 Å². The van der Waals surface area contributed by atoms with Crippen LogP contribution in [0, 0.1) is 13.8 Å². The van der Waals surface area contributed by atoms with Gasteiger partial charge in [0, 0.05) is 30.7 Å². The fourth-order valence-corrected chi connectivity index (χ4v) is 4.59. The molecule has 1 aromatic heterocycles. The van der Waals surface area contributed by atoms with E-state index in [1.54, 1.807) is 21.3 Å². The minimum absolute atomic E-state index is 0.0995. The maximum Gasteiger partial charge on any atom is 0.203 e. The van der Waals surface area contributed by atoms with Gasteiger partial charge < -0.3 is 29.0 Å². The largest absolute Gasteiger partial charge is 0.493 e. The van der Waals surface area contributed by atoms with Crippen LogP contribution in [-0.2, 0) is 6.54 Å². The number of hydrogen-bond donors (Lipinski definition) is 1. The van der Waals surface area contributed by atoms with Crippen LogP contribution in [0.3, 0.4) is 0 Å². The number of nitrogens with zero attached hydrogens (tertiary/aromatic N) is 2. The predicted octanol–water partition coefficient (Wildman–Crippen LogP) is 4.93. The molecule has 4 rings (SSSR count). The third-order valence-electron chi connectivity index (χ3n) is 6.15. The first kappa shape index (κ1) is 22.0. The van der Waals surface area contributed by atoms with Crippen LogP contribution in [0.4, 0.5) is 5.69 Å². The number of hydrogen-bond acceptors (Lipinski definition) is 4. The lowest BCUT2D eigenvalue weighted by molar-refractivity contribution is 0.288. The van der Waals surface area contributed by atoms with Gasteiger partial charge in [-0.1, -0.05) is 12.1 Å². The molecule has 32 heavy (non-hydrogen) atoms. The summed E-state index contributed by atoms with van der Waals surface area (Å²) in [5.74, 6) is 1.82. The molecule has 0 aliphatic carbocycles. The summed E-state index contributed by atoms with van der Waals surface area (Å²) < 4.78 is 19.0. The van der Waals surface area contributed by atoms with Crippen molar-refractivity contribution in [1.82, 2.24) is 9.47 Å². The van der Waals surface area contributed by atoms with Crippen molar-refractivity contribution in [3.05, 3.63) is 71.0 Å². The first-order chi connectivity index (χ1) is 15.5. The number of aromatic nitrogens is 1. The molecule has 168 valence electrons. The lowest BCUT2D eigenvalue weighted by Crippen LogP contribution is -2.44. The Morgan fingerprint density at radius 2 is 1.69 bits per heavy atom. The SMILES string of the molecule is COc1cc(C2c3cccn3CCN2C(=S)Nc2cccc(C)c2C)cc(OC)c1OC. The number of thiocarbonyl (C=S) groups is 1. The number of aryl methyl sites for hydroxylation is 1. The van der Waals surface area contributed by atoms with E-state index in [0.29, 0.717) is 22.4 Å². The summed E-state index contributed by atoms with van der Waals surface area (Å²) in [7, 11) is 4.88. The number of rotatable bonds is 5. The molecule has 1 aliphatic heterocycles. The molecule has 0 saturated carbocycles. The number of benzene rings is 2. The fraction of sp³-hybridized carbons (Fsp3) is 0.320. The van der Waals surface area contributed by atoms with Crippen LogP contribution in [0.5, 0.6) is 17.2 Å². The molecule has 0 spiro atoms. The van der Waals surface area contributed by atoms with Crippen molar-refractivity contribution in [3.8, 4) is 17.2 Å². The molecule has 0 fully saturated rings. The maximum absolute atomic E-state index is 5.93. The van der Waals surface area contributed by atoms with E-state index in [4.69, 9.17) is 26.4 Å². The topological polar surface area (TPSA) is 47.9 Å². The fourth-order valence-electron chi connectivity index (χ4n) is 4.29. The van der Waals surface area contributed by atoms with E-state index in [1.807, 2.05) is 18.2 Å². The molecule has 3 aromatic rings. The zero-order valence-corrected chi connectivity index (χ0v) is 20.0. The van der Waals surface area contributed by atoms with E-state index in [1.165, 1.54) is 11.1 Å². The normalized spacial score (nSPS) is 15.2. The molecular formula is C25H29N3O3S. The highest BCUT2D eigenvalue weighted by Crippen LogP contribution is 2.43. The van der Waals surface area contributed by atoms with Gasteiger partial charge in [0.05, 0.1) is 27.4 Å². The van der Waals surface area contributed by atoms with Crippen LogP contribution in [0.2, 0.25) is 0 Å². The van der Waals surface area contributed by atoms with Crippen molar-refractivity contribution in [2.75, 3.05) is 33.2 Å². The number of nitrogens with one attached hydrogen (secondary N) is 1. The second kappa shape index (κ2) is 9.12. The Morgan fingerprint density at radius 1 is 0.969 bits per heavy atom. The van der Waals surface area contributed by atoms with Crippen LogP contribution in [0.15, 0.2) is 48.7 Å². The van der Waals surface area contributed by atoms with Crippen molar-refractivity contribution in [3.63, 3.8) is 0 Å². The van der Waals surface area contributed by atoms with Gasteiger partial charge in [-0.25, -0.2) is 0 Å². The number of anilines is 1. The maximum atomic E-state index is 5.93.